The van der Waals surface area contributed by atoms with Gasteiger partial charge in [-0.3, -0.25) is 14.5 Å². The van der Waals surface area contributed by atoms with Gasteiger partial charge < -0.3 is 9.47 Å². The normalized spacial score (nSPS) is 16.3. The maximum atomic E-state index is 12.3. The fourth-order valence-electron chi connectivity index (χ4n) is 1.88. The Bertz CT molecular complexity index is 642. The average molecular weight is 337 g/mol. The van der Waals surface area contributed by atoms with Gasteiger partial charge in [0.15, 0.2) is 0 Å². The van der Waals surface area contributed by atoms with Crippen molar-refractivity contribution >= 4 is 46.3 Å². The molecule has 1 aromatic rings. The molecule has 0 spiro atoms. The van der Waals surface area contributed by atoms with Gasteiger partial charge in [-0.25, -0.2) is 0 Å². The lowest BCUT2D eigenvalue weighted by Gasteiger charge is -2.12. The molecule has 0 saturated carbocycles. The lowest BCUT2D eigenvalue weighted by molar-refractivity contribution is -0.140. The van der Waals surface area contributed by atoms with Crippen LogP contribution in [0.5, 0.6) is 5.75 Å². The van der Waals surface area contributed by atoms with Gasteiger partial charge in [-0.2, -0.15) is 0 Å². The van der Waals surface area contributed by atoms with Gasteiger partial charge in [0, 0.05) is 6.54 Å². The third-order valence-electron chi connectivity index (χ3n) is 3.03. The first-order chi connectivity index (χ1) is 10.5. The van der Waals surface area contributed by atoms with Crippen LogP contribution in [0, 0.1) is 0 Å². The van der Waals surface area contributed by atoms with Crippen molar-refractivity contribution < 1.29 is 19.1 Å². The van der Waals surface area contributed by atoms with E-state index in [-0.39, 0.29) is 24.8 Å². The largest absolute Gasteiger partial charge is 0.497 e. The minimum absolute atomic E-state index is 0.120. The van der Waals surface area contributed by atoms with E-state index >= 15 is 0 Å². The number of rotatable bonds is 5. The first-order valence-electron chi connectivity index (χ1n) is 6.51. The number of amides is 1. The molecule has 1 saturated heterocycles. The number of carbonyl (C=O) groups excluding carboxylic acids is 2. The average Bonchev–Trinajstić information content (AvgIpc) is 2.79. The Kier molecular flexibility index (Phi) is 5.57. The molecule has 0 aromatic heterocycles. The van der Waals surface area contributed by atoms with E-state index in [9.17, 15) is 9.59 Å². The maximum Gasteiger partial charge on any atom is 0.307 e. The zero-order chi connectivity index (χ0) is 16.1. The molecular formula is C15H15NO4S2. The van der Waals surface area contributed by atoms with Crippen molar-refractivity contribution in [2.45, 2.75) is 6.42 Å². The van der Waals surface area contributed by atoms with E-state index in [0.29, 0.717) is 9.23 Å². The third kappa shape index (κ3) is 3.86. The summed E-state index contributed by atoms with van der Waals surface area (Å²) in [4.78, 5) is 25.5. The van der Waals surface area contributed by atoms with Crippen LogP contribution in [0.1, 0.15) is 12.0 Å². The van der Waals surface area contributed by atoms with Gasteiger partial charge in [0.2, 0.25) is 0 Å². The van der Waals surface area contributed by atoms with Crippen molar-refractivity contribution in [3.8, 4) is 5.75 Å². The zero-order valence-electron chi connectivity index (χ0n) is 12.2. The number of nitrogens with zero attached hydrogens (tertiary/aromatic N) is 1. The fourth-order valence-corrected chi connectivity index (χ4v) is 3.19. The summed E-state index contributed by atoms with van der Waals surface area (Å²) in [5.74, 6) is 0.155. The molecule has 0 atom stereocenters. The van der Waals surface area contributed by atoms with Gasteiger partial charge in [-0.1, -0.05) is 36.1 Å². The maximum absolute atomic E-state index is 12.3. The predicted molar refractivity (Wildman–Crippen MR) is 89.5 cm³/mol. The second-order valence-electron chi connectivity index (χ2n) is 4.44. The first-order valence-corrected chi connectivity index (χ1v) is 7.74. The van der Waals surface area contributed by atoms with Crippen molar-refractivity contribution in [1.82, 2.24) is 4.90 Å². The van der Waals surface area contributed by atoms with E-state index < -0.39 is 0 Å². The molecule has 0 bridgehead atoms. The zero-order valence-corrected chi connectivity index (χ0v) is 13.8. The highest BCUT2D eigenvalue weighted by atomic mass is 32.2. The number of hydrogen-bond acceptors (Lipinski definition) is 6. The smallest absolute Gasteiger partial charge is 0.307 e. The number of thioether (sulfide) groups is 1. The molecule has 1 aliphatic rings. The van der Waals surface area contributed by atoms with Crippen LogP contribution in [0.3, 0.4) is 0 Å². The Morgan fingerprint density at radius 1 is 1.41 bits per heavy atom. The van der Waals surface area contributed by atoms with Crippen LogP contribution in [0.4, 0.5) is 0 Å². The van der Waals surface area contributed by atoms with E-state index in [1.165, 1.54) is 23.8 Å². The Morgan fingerprint density at radius 2 is 2.18 bits per heavy atom. The number of carbonyl (C=O) groups is 2. The third-order valence-corrected chi connectivity index (χ3v) is 4.41. The molecule has 2 rings (SSSR count). The molecule has 7 heteroatoms. The van der Waals surface area contributed by atoms with E-state index in [1.54, 1.807) is 13.2 Å². The summed E-state index contributed by atoms with van der Waals surface area (Å²) < 4.78 is 10.2. The highest BCUT2D eigenvalue weighted by Gasteiger charge is 2.32. The molecule has 0 aliphatic carbocycles. The number of hydrogen-bond donors (Lipinski definition) is 0. The molecule has 0 unspecified atom stereocenters. The molecule has 1 aliphatic heterocycles. The molecule has 116 valence electrons. The quantitative estimate of drug-likeness (QED) is 0.467. The number of ether oxygens (including phenoxy) is 2. The molecule has 1 aromatic carbocycles. The molecule has 22 heavy (non-hydrogen) atoms. The van der Waals surface area contributed by atoms with Crippen LogP contribution in [0.2, 0.25) is 0 Å². The summed E-state index contributed by atoms with van der Waals surface area (Å²) in [6, 6.07) is 7.39. The van der Waals surface area contributed by atoms with Crippen LogP contribution in [0.15, 0.2) is 29.2 Å². The molecule has 5 nitrogen and oxygen atoms in total. The Hall–Kier alpha value is -1.86. The van der Waals surface area contributed by atoms with Crippen molar-refractivity contribution in [1.29, 1.82) is 0 Å². The van der Waals surface area contributed by atoms with Crippen LogP contribution in [-0.2, 0) is 14.3 Å². The van der Waals surface area contributed by atoms with Crippen LogP contribution in [-0.4, -0.2) is 41.9 Å². The molecular weight excluding hydrogens is 322 g/mol. The molecule has 1 fully saturated rings. The second kappa shape index (κ2) is 7.42. The Balaban J connectivity index is 2.13. The molecule has 0 N–H and O–H groups in total. The second-order valence-corrected chi connectivity index (χ2v) is 6.11. The highest BCUT2D eigenvalue weighted by Crippen LogP contribution is 2.33. The number of benzene rings is 1. The lowest BCUT2D eigenvalue weighted by Crippen LogP contribution is -2.30. The Labute approximate surface area is 138 Å². The lowest BCUT2D eigenvalue weighted by atomic mass is 10.2. The van der Waals surface area contributed by atoms with Gasteiger partial charge >= 0.3 is 5.97 Å². The highest BCUT2D eigenvalue weighted by molar-refractivity contribution is 8.26. The summed E-state index contributed by atoms with van der Waals surface area (Å²) in [5, 5.41) is 0. The van der Waals surface area contributed by atoms with E-state index in [4.69, 9.17) is 17.0 Å². The first kappa shape index (κ1) is 16.5. The van der Waals surface area contributed by atoms with Gasteiger partial charge in [-0.15, -0.1) is 0 Å². The van der Waals surface area contributed by atoms with Crippen molar-refractivity contribution in [3.05, 3.63) is 34.7 Å². The number of esters is 1. The van der Waals surface area contributed by atoms with Gasteiger partial charge in [0.25, 0.3) is 5.91 Å². The minimum atomic E-state index is -0.370. The van der Waals surface area contributed by atoms with E-state index in [2.05, 4.69) is 4.74 Å². The van der Waals surface area contributed by atoms with Crippen LogP contribution >= 0.6 is 24.0 Å². The molecule has 1 heterocycles. The molecule has 0 radical (unpaired) electrons. The van der Waals surface area contributed by atoms with Crippen LogP contribution < -0.4 is 4.74 Å². The fraction of sp³-hybridized carbons (Fsp3) is 0.267. The number of methoxy groups -OCH3 is 2. The van der Waals surface area contributed by atoms with Crippen molar-refractivity contribution in [2.75, 3.05) is 20.8 Å². The van der Waals surface area contributed by atoms with E-state index in [0.717, 1.165) is 11.3 Å². The van der Waals surface area contributed by atoms with Gasteiger partial charge in [0.1, 0.15) is 10.1 Å². The topological polar surface area (TPSA) is 55.8 Å². The standard InChI is InChI=1S/C15H15NO4S2/c1-19-11-5-3-4-10(8-11)9-12-14(18)16(15(21)22-12)7-6-13(17)20-2/h3-5,8-9H,6-7H2,1-2H3/b12-9-. The summed E-state index contributed by atoms with van der Waals surface area (Å²) in [7, 11) is 2.90. The summed E-state index contributed by atoms with van der Waals surface area (Å²) in [5.41, 5.74) is 0.854. The van der Waals surface area contributed by atoms with Crippen molar-refractivity contribution in [2.24, 2.45) is 0 Å². The summed E-state index contributed by atoms with van der Waals surface area (Å²) in [6.07, 6.45) is 1.88. The Morgan fingerprint density at radius 3 is 2.86 bits per heavy atom. The number of thiocarbonyl (C=S) groups is 1. The van der Waals surface area contributed by atoms with E-state index in [1.807, 2.05) is 24.3 Å². The van der Waals surface area contributed by atoms with Crippen molar-refractivity contribution in [3.63, 3.8) is 0 Å². The predicted octanol–water partition coefficient (Wildman–Crippen LogP) is 2.46. The summed E-state index contributed by atoms with van der Waals surface area (Å²) in [6.45, 7) is 0.229. The SMILES string of the molecule is COC(=O)CCN1C(=O)/C(=C/c2cccc(OC)c2)SC1=S. The molecule has 1 amide bonds. The minimum Gasteiger partial charge on any atom is -0.497 e. The van der Waals surface area contributed by atoms with Gasteiger partial charge in [0.05, 0.1) is 25.5 Å². The van der Waals surface area contributed by atoms with Gasteiger partial charge in [-0.05, 0) is 23.8 Å². The summed E-state index contributed by atoms with van der Waals surface area (Å²) >= 11 is 6.42. The van der Waals surface area contributed by atoms with Crippen LogP contribution in [0.25, 0.3) is 6.08 Å². The monoisotopic (exact) mass is 337 g/mol.